The van der Waals surface area contributed by atoms with Crippen LogP contribution in [-0.4, -0.2) is 28.2 Å². The standard InChI is InChI=1S/C7H12ClN5O/c8-5-4-11-7(13-9)12-6(5)10-2-1-3-14/h4,14H,1-3,9H2,(H2,10,11,12,13). The van der Waals surface area contributed by atoms with Crippen molar-refractivity contribution in [2.24, 2.45) is 5.84 Å². The molecule has 0 saturated heterocycles. The van der Waals surface area contributed by atoms with Crippen molar-refractivity contribution in [3.05, 3.63) is 11.2 Å². The smallest absolute Gasteiger partial charge is 0.239 e. The van der Waals surface area contributed by atoms with Gasteiger partial charge in [0.1, 0.15) is 5.02 Å². The monoisotopic (exact) mass is 217 g/mol. The number of nitrogen functional groups attached to an aromatic ring is 1. The molecule has 6 nitrogen and oxygen atoms in total. The van der Waals surface area contributed by atoms with Crippen molar-refractivity contribution in [2.45, 2.75) is 6.42 Å². The lowest BCUT2D eigenvalue weighted by Gasteiger charge is -2.07. The number of hydrogen-bond donors (Lipinski definition) is 4. The topological polar surface area (TPSA) is 96.1 Å². The molecule has 0 fully saturated rings. The Morgan fingerprint density at radius 1 is 1.57 bits per heavy atom. The molecule has 0 amide bonds. The highest BCUT2D eigenvalue weighted by Crippen LogP contribution is 2.18. The van der Waals surface area contributed by atoms with Crippen LogP contribution in [0.4, 0.5) is 11.8 Å². The molecule has 7 heteroatoms. The quantitative estimate of drug-likeness (QED) is 0.320. The van der Waals surface area contributed by atoms with Crippen LogP contribution >= 0.6 is 11.6 Å². The summed E-state index contributed by atoms with van der Waals surface area (Å²) < 4.78 is 0. The zero-order valence-corrected chi connectivity index (χ0v) is 8.25. The van der Waals surface area contributed by atoms with E-state index >= 15 is 0 Å². The SMILES string of the molecule is NNc1ncc(Cl)c(NCCCO)n1. The normalized spacial score (nSPS) is 9.93. The minimum Gasteiger partial charge on any atom is -0.396 e. The average molecular weight is 218 g/mol. The summed E-state index contributed by atoms with van der Waals surface area (Å²) in [6, 6.07) is 0. The lowest BCUT2D eigenvalue weighted by molar-refractivity contribution is 0.292. The lowest BCUT2D eigenvalue weighted by Crippen LogP contribution is -2.12. The van der Waals surface area contributed by atoms with Gasteiger partial charge in [-0.05, 0) is 6.42 Å². The maximum absolute atomic E-state index is 8.58. The van der Waals surface area contributed by atoms with Gasteiger partial charge in [-0.1, -0.05) is 11.6 Å². The van der Waals surface area contributed by atoms with Gasteiger partial charge in [-0.15, -0.1) is 0 Å². The van der Waals surface area contributed by atoms with Crippen molar-refractivity contribution in [1.82, 2.24) is 9.97 Å². The molecular weight excluding hydrogens is 206 g/mol. The van der Waals surface area contributed by atoms with Crippen LogP contribution in [0.25, 0.3) is 0 Å². The first-order valence-corrected chi connectivity index (χ1v) is 4.49. The summed E-state index contributed by atoms with van der Waals surface area (Å²) in [5.74, 6) is 5.93. The van der Waals surface area contributed by atoms with E-state index in [1.165, 1.54) is 6.20 Å². The van der Waals surface area contributed by atoms with Crippen molar-refractivity contribution in [3.8, 4) is 0 Å². The van der Waals surface area contributed by atoms with Gasteiger partial charge in [-0.2, -0.15) is 4.98 Å². The van der Waals surface area contributed by atoms with E-state index in [9.17, 15) is 0 Å². The Hall–Kier alpha value is -1.11. The number of hydrazine groups is 1. The van der Waals surface area contributed by atoms with E-state index in [0.717, 1.165) is 0 Å². The molecule has 0 saturated carbocycles. The minimum atomic E-state index is 0.123. The van der Waals surface area contributed by atoms with E-state index in [1.807, 2.05) is 0 Å². The molecule has 0 aliphatic carbocycles. The number of aliphatic hydroxyl groups excluding tert-OH is 1. The van der Waals surface area contributed by atoms with Gasteiger partial charge in [-0.3, -0.25) is 5.43 Å². The Morgan fingerprint density at radius 3 is 3.00 bits per heavy atom. The molecule has 0 spiro atoms. The second kappa shape index (κ2) is 5.58. The highest BCUT2D eigenvalue weighted by atomic mass is 35.5. The molecule has 0 aliphatic rings. The second-order valence-corrected chi connectivity index (χ2v) is 2.95. The van der Waals surface area contributed by atoms with E-state index in [1.54, 1.807) is 0 Å². The number of nitrogens with two attached hydrogens (primary N) is 1. The van der Waals surface area contributed by atoms with Crippen molar-refractivity contribution in [3.63, 3.8) is 0 Å². The summed E-state index contributed by atoms with van der Waals surface area (Å²) in [7, 11) is 0. The molecule has 14 heavy (non-hydrogen) atoms. The van der Waals surface area contributed by atoms with Crippen LogP contribution in [0.2, 0.25) is 5.02 Å². The Balaban J connectivity index is 2.64. The predicted octanol–water partition coefficient (Wildman–Crippen LogP) is 0.210. The van der Waals surface area contributed by atoms with Gasteiger partial charge < -0.3 is 10.4 Å². The molecule has 0 atom stereocenters. The first-order valence-electron chi connectivity index (χ1n) is 4.12. The first kappa shape index (κ1) is 11.0. The zero-order chi connectivity index (χ0) is 10.4. The fourth-order valence-corrected chi connectivity index (χ4v) is 1.00. The van der Waals surface area contributed by atoms with E-state index < -0.39 is 0 Å². The van der Waals surface area contributed by atoms with Gasteiger partial charge in [0.2, 0.25) is 5.95 Å². The molecule has 0 aliphatic heterocycles. The number of anilines is 2. The minimum absolute atomic E-state index is 0.123. The predicted molar refractivity (Wildman–Crippen MR) is 55.0 cm³/mol. The van der Waals surface area contributed by atoms with Crippen molar-refractivity contribution < 1.29 is 5.11 Å². The van der Waals surface area contributed by atoms with Gasteiger partial charge in [0.25, 0.3) is 0 Å². The lowest BCUT2D eigenvalue weighted by atomic mass is 10.4. The summed E-state index contributed by atoms with van der Waals surface area (Å²) in [5.41, 5.74) is 2.31. The van der Waals surface area contributed by atoms with Crippen LogP contribution in [-0.2, 0) is 0 Å². The molecule has 0 unspecified atom stereocenters. The van der Waals surface area contributed by atoms with Crippen LogP contribution in [0, 0.1) is 0 Å². The third-order valence-corrected chi connectivity index (χ3v) is 1.78. The van der Waals surface area contributed by atoms with Gasteiger partial charge in [0.05, 0.1) is 6.20 Å². The number of rotatable bonds is 5. The van der Waals surface area contributed by atoms with Crippen molar-refractivity contribution in [1.29, 1.82) is 0 Å². The van der Waals surface area contributed by atoms with E-state index in [4.69, 9.17) is 22.6 Å². The van der Waals surface area contributed by atoms with Crippen molar-refractivity contribution in [2.75, 3.05) is 23.9 Å². The average Bonchev–Trinajstić information content (AvgIpc) is 2.21. The summed E-state index contributed by atoms with van der Waals surface area (Å²) in [4.78, 5) is 7.81. The summed E-state index contributed by atoms with van der Waals surface area (Å²) in [6.07, 6.45) is 2.08. The molecule has 1 aromatic heterocycles. The second-order valence-electron chi connectivity index (χ2n) is 2.54. The maximum Gasteiger partial charge on any atom is 0.239 e. The van der Waals surface area contributed by atoms with E-state index in [2.05, 4.69) is 20.7 Å². The molecule has 0 radical (unpaired) electrons. The van der Waals surface area contributed by atoms with Crippen LogP contribution in [0.5, 0.6) is 0 Å². The van der Waals surface area contributed by atoms with Crippen LogP contribution < -0.4 is 16.6 Å². The molecule has 1 heterocycles. The number of nitrogens with one attached hydrogen (secondary N) is 2. The molecule has 78 valence electrons. The maximum atomic E-state index is 8.58. The van der Waals surface area contributed by atoms with Gasteiger partial charge in [0.15, 0.2) is 5.82 Å². The van der Waals surface area contributed by atoms with Gasteiger partial charge in [-0.25, -0.2) is 10.8 Å². The third-order valence-electron chi connectivity index (χ3n) is 1.50. The summed E-state index contributed by atoms with van der Waals surface area (Å²) in [6.45, 7) is 0.717. The Labute approximate surface area is 86.5 Å². The van der Waals surface area contributed by atoms with E-state index in [-0.39, 0.29) is 6.61 Å². The Bertz CT molecular complexity index is 295. The molecule has 0 bridgehead atoms. The summed E-state index contributed by atoms with van der Waals surface area (Å²) in [5, 5.41) is 11.9. The number of aromatic nitrogens is 2. The Kier molecular flexibility index (Phi) is 4.37. The highest BCUT2D eigenvalue weighted by molar-refractivity contribution is 6.32. The highest BCUT2D eigenvalue weighted by Gasteiger charge is 2.03. The fourth-order valence-electron chi connectivity index (χ4n) is 0.846. The summed E-state index contributed by atoms with van der Waals surface area (Å²) >= 11 is 5.81. The largest absolute Gasteiger partial charge is 0.396 e. The molecule has 1 rings (SSSR count). The number of hydrogen-bond acceptors (Lipinski definition) is 6. The zero-order valence-electron chi connectivity index (χ0n) is 7.50. The molecule has 0 aromatic carbocycles. The first-order chi connectivity index (χ1) is 6.77. The number of halogens is 1. The van der Waals surface area contributed by atoms with Gasteiger partial charge >= 0.3 is 0 Å². The molecule has 1 aromatic rings. The van der Waals surface area contributed by atoms with Gasteiger partial charge in [0, 0.05) is 13.2 Å². The van der Waals surface area contributed by atoms with Crippen LogP contribution in [0.15, 0.2) is 6.20 Å². The number of nitrogens with zero attached hydrogens (tertiary/aromatic N) is 2. The molecular formula is C7H12ClN5O. The van der Waals surface area contributed by atoms with E-state index in [0.29, 0.717) is 29.8 Å². The molecule has 5 N–H and O–H groups in total. The Morgan fingerprint density at radius 2 is 2.36 bits per heavy atom. The fraction of sp³-hybridized carbons (Fsp3) is 0.429. The third kappa shape index (κ3) is 2.99. The van der Waals surface area contributed by atoms with Crippen molar-refractivity contribution >= 4 is 23.4 Å². The number of aliphatic hydroxyl groups is 1. The van der Waals surface area contributed by atoms with Crippen LogP contribution in [0.1, 0.15) is 6.42 Å². The van der Waals surface area contributed by atoms with Crippen LogP contribution in [0.3, 0.4) is 0 Å².